The second kappa shape index (κ2) is 16.7. The Bertz CT molecular complexity index is 1880. The molecule has 4 bridgehead atoms. The molecule has 0 radical (unpaired) electrons. The zero-order valence-electron chi connectivity index (χ0n) is 30.8. The lowest BCUT2D eigenvalue weighted by Crippen LogP contribution is -2.77. The zero-order chi connectivity index (χ0) is 39.6. The average molecular weight is 829 g/mol. The predicted octanol–water partition coefficient (Wildman–Crippen LogP) is 3.10. The summed E-state index contributed by atoms with van der Waals surface area (Å²) in [5.41, 5.74) is 3.66. The van der Waals surface area contributed by atoms with Crippen LogP contribution in [-0.4, -0.2) is 133 Å². The van der Waals surface area contributed by atoms with Crippen LogP contribution in [0, 0.1) is 0 Å². The van der Waals surface area contributed by atoms with E-state index in [0.717, 1.165) is 22.3 Å². The van der Waals surface area contributed by atoms with Crippen molar-refractivity contribution in [1.29, 1.82) is 0 Å². The van der Waals surface area contributed by atoms with Crippen molar-refractivity contribution in [2.75, 3.05) is 54.6 Å². The van der Waals surface area contributed by atoms with E-state index in [1.807, 2.05) is 84.9 Å². The first kappa shape index (κ1) is 41.4. The smallest absolute Gasteiger partial charge is 0.263 e. The minimum Gasteiger partial charge on any atom is -0.392 e. The monoisotopic (exact) mass is 828 g/mol. The Balaban J connectivity index is 0.000000197. The van der Waals surface area contributed by atoms with E-state index in [1.54, 1.807) is 28.2 Å². The molecule has 3 N–H and O–H groups in total. The standard InChI is InChI=1S/C23H26N2O5S2.C15H18N2O4S2/c1-24-21(29)23(15-30-13-17-6-4-3-5-7-17)25(2)20(28)22(24,14-27)31-19(32-23)18-10-8-16(12-26)9-11-18;1-16-13(20)15(10-21-8-11-6-4-3-5-7-11)17(2)12(19)14(16,9-18)22-23-15/h3-11,19,26-27H,12-15H2,1-2H3;3-7,18H,8-10H2,1-2H3/t19?,22-,23-;14-,15-/m00/s1. The van der Waals surface area contributed by atoms with Gasteiger partial charge in [-0.05, 0) is 43.8 Å². The molecule has 3 aromatic carbocycles. The molecule has 3 aromatic rings. The van der Waals surface area contributed by atoms with Crippen LogP contribution in [0.4, 0.5) is 0 Å². The van der Waals surface area contributed by atoms with Gasteiger partial charge in [0, 0.05) is 28.2 Å². The van der Waals surface area contributed by atoms with E-state index >= 15 is 0 Å². The Morgan fingerprint density at radius 2 is 0.927 bits per heavy atom. The summed E-state index contributed by atoms with van der Waals surface area (Å²) in [4.78, 5) is 53.1. The first-order chi connectivity index (χ1) is 26.4. The maximum absolute atomic E-state index is 13.6. The van der Waals surface area contributed by atoms with Crippen molar-refractivity contribution >= 4 is 68.7 Å². The fourth-order valence-corrected chi connectivity index (χ4v) is 13.8. The van der Waals surface area contributed by atoms with E-state index in [1.165, 1.54) is 64.7 Å². The van der Waals surface area contributed by atoms with E-state index in [0.29, 0.717) is 13.2 Å². The molecule has 55 heavy (non-hydrogen) atoms. The minimum atomic E-state index is -1.40. The van der Waals surface area contributed by atoms with Crippen LogP contribution in [0.3, 0.4) is 0 Å². The summed E-state index contributed by atoms with van der Waals surface area (Å²) in [7, 11) is 8.84. The molecular weight excluding hydrogens is 785 g/mol. The molecule has 0 spiro atoms. The highest BCUT2D eigenvalue weighted by Crippen LogP contribution is 2.60. The number of aliphatic hydroxyl groups excluding tert-OH is 3. The molecule has 1 unspecified atom stereocenters. The first-order valence-corrected chi connectivity index (χ1v) is 21.3. The van der Waals surface area contributed by atoms with Gasteiger partial charge in [-0.1, -0.05) is 84.9 Å². The number of aliphatic hydroxyl groups is 3. The molecule has 6 aliphatic heterocycles. The molecule has 4 amide bonds. The third kappa shape index (κ3) is 7.16. The number of thioether (sulfide) groups is 2. The Kier molecular flexibility index (Phi) is 12.6. The molecule has 0 aliphatic carbocycles. The van der Waals surface area contributed by atoms with Crippen molar-refractivity contribution in [2.24, 2.45) is 0 Å². The molecule has 6 heterocycles. The van der Waals surface area contributed by atoms with Crippen LogP contribution in [0.5, 0.6) is 0 Å². The summed E-state index contributed by atoms with van der Waals surface area (Å²) in [6.07, 6.45) is 0. The number of amides is 4. The van der Waals surface area contributed by atoms with Gasteiger partial charge in [0.05, 0.1) is 50.8 Å². The largest absolute Gasteiger partial charge is 0.392 e. The second-order valence-electron chi connectivity index (χ2n) is 13.5. The van der Waals surface area contributed by atoms with E-state index in [4.69, 9.17) is 9.47 Å². The molecule has 17 heteroatoms. The molecule has 13 nitrogen and oxygen atoms in total. The van der Waals surface area contributed by atoms with Crippen LogP contribution < -0.4 is 0 Å². The lowest BCUT2D eigenvalue weighted by Gasteiger charge is -2.58. The summed E-state index contributed by atoms with van der Waals surface area (Å²) in [6, 6.07) is 26.7. The van der Waals surface area contributed by atoms with Gasteiger partial charge in [-0.15, -0.1) is 23.5 Å². The van der Waals surface area contributed by atoms with Gasteiger partial charge in [0.2, 0.25) is 9.74 Å². The molecule has 6 fully saturated rings. The number of rotatable bonds is 12. The Hall–Kier alpha value is -3.26. The fraction of sp³-hybridized carbons (Fsp3) is 0.421. The normalized spacial score (nSPS) is 28.7. The number of piperazine rings is 2. The molecule has 6 aliphatic rings. The molecule has 6 saturated heterocycles. The van der Waals surface area contributed by atoms with Gasteiger partial charge in [0.1, 0.15) is 0 Å². The second-order valence-corrected chi connectivity index (χ2v) is 19.2. The highest BCUT2D eigenvalue weighted by molar-refractivity contribution is 8.78. The highest BCUT2D eigenvalue weighted by Gasteiger charge is 2.68. The van der Waals surface area contributed by atoms with Crippen molar-refractivity contribution in [2.45, 2.75) is 43.9 Å². The number of likely N-dealkylation sites (N-methyl/N-ethyl adjacent to an activating group) is 4. The number of benzene rings is 3. The van der Waals surface area contributed by atoms with Gasteiger partial charge in [0.15, 0.2) is 9.74 Å². The van der Waals surface area contributed by atoms with E-state index in [9.17, 15) is 34.5 Å². The third-order valence-corrected chi connectivity index (χ3v) is 17.5. The number of nitrogens with zero attached hydrogens (tertiary/aromatic N) is 4. The number of fused-ring (bicyclic) bond motifs is 7. The van der Waals surface area contributed by atoms with Gasteiger partial charge in [0.25, 0.3) is 23.6 Å². The average Bonchev–Trinajstić information content (AvgIpc) is 3.38. The highest BCUT2D eigenvalue weighted by atomic mass is 33.1. The lowest BCUT2D eigenvalue weighted by molar-refractivity contribution is -0.168. The maximum Gasteiger partial charge on any atom is 0.263 e. The molecule has 9 rings (SSSR count). The summed E-state index contributed by atoms with van der Waals surface area (Å²) in [5.74, 6) is -1.08. The summed E-state index contributed by atoms with van der Waals surface area (Å²) in [6.45, 7) is -0.148. The minimum absolute atomic E-state index is 0.0191. The number of hydrogen-bond donors (Lipinski definition) is 3. The van der Waals surface area contributed by atoms with Crippen LogP contribution in [-0.2, 0) is 48.5 Å². The van der Waals surface area contributed by atoms with Gasteiger partial charge in [-0.2, -0.15) is 0 Å². The number of carbonyl (C=O) groups is 4. The molecule has 0 aromatic heterocycles. The van der Waals surface area contributed by atoms with Crippen LogP contribution >= 0.6 is 45.1 Å². The first-order valence-electron chi connectivity index (χ1n) is 17.4. The van der Waals surface area contributed by atoms with E-state index in [-0.39, 0.29) is 48.0 Å². The van der Waals surface area contributed by atoms with Crippen LogP contribution in [0.25, 0.3) is 0 Å². The summed E-state index contributed by atoms with van der Waals surface area (Å²) < 4.78 is 11.4. The van der Waals surface area contributed by atoms with Crippen molar-refractivity contribution in [3.63, 3.8) is 0 Å². The maximum atomic E-state index is 13.6. The Labute approximate surface area is 336 Å². The van der Waals surface area contributed by atoms with Gasteiger partial charge < -0.3 is 44.4 Å². The third-order valence-electron chi connectivity index (χ3n) is 10.3. The van der Waals surface area contributed by atoms with Crippen LogP contribution in [0.1, 0.15) is 26.8 Å². The van der Waals surface area contributed by atoms with Gasteiger partial charge in [-0.3, -0.25) is 19.2 Å². The molecule has 5 atom stereocenters. The van der Waals surface area contributed by atoms with Crippen molar-refractivity contribution in [3.05, 3.63) is 107 Å². The topological polar surface area (TPSA) is 160 Å². The quantitative estimate of drug-likeness (QED) is 0.229. The van der Waals surface area contributed by atoms with Crippen LogP contribution in [0.15, 0.2) is 84.9 Å². The SMILES string of the molecule is CN1C(=O)[C@]2(COCc3ccccc3)SC(c3ccc(CO)cc3)S[C@@]1(CO)C(=O)N2C.CN1C(=O)[C@]2(COCc3ccccc3)SS[C@@]1(CO)C(=O)N2C. The van der Waals surface area contributed by atoms with Crippen LogP contribution in [0.2, 0.25) is 0 Å². The van der Waals surface area contributed by atoms with E-state index in [2.05, 4.69) is 0 Å². The molecule has 0 saturated carbocycles. The Morgan fingerprint density at radius 3 is 1.45 bits per heavy atom. The van der Waals surface area contributed by atoms with Crippen molar-refractivity contribution in [1.82, 2.24) is 19.6 Å². The van der Waals surface area contributed by atoms with E-state index < -0.39 is 32.7 Å². The number of ether oxygens (including phenoxy) is 2. The van der Waals surface area contributed by atoms with Gasteiger partial charge in [-0.25, -0.2) is 0 Å². The Morgan fingerprint density at radius 1 is 0.527 bits per heavy atom. The van der Waals surface area contributed by atoms with Crippen molar-refractivity contribution < 1.29 is 44.0 Å². The molecule has 294 valence electrons. The summed E-state index contributed by atoms with van der Waals surface area (Å²) >= 11 is 2.63. The lowest BCUT2D eigenvalue weighted by atomic mass is 10.1. The van der Waals surface area contributed by atoms with Gasteiger partial charge >= 0.3 is 0 Å². The number of carbonyl (C=O) groups excluding carboxylic acids is 4. The summed E-state index contributed by atoms with van der Waals surface area (Å²) in [5, 5.41) is 29.3. The number of hydrogen-bond acceptors (Lipinski definition) is 13. The van der Waals surface area contributed by atoms with Crippen molar-refractivity contribution in [3.8, 4) is 0 Å². The predicted molar refractivity (Wildman–Crippen MR) is 214 cm³/mol. The zero-order valence-corrected chi connectivity index (χ0v) is 34.1. The molecular formula is C38H44N4O9S4. The fourth-order valence-electron chi connectivity index (χ4n) is 6.70.